The largest absolute Gasteiger partial charge is 0.493 e. The average Bonchev–Trinajstić information content (AvgIpc) is 2.87. The minimum atomic E-state index is -1.19. The first-order valence-electron chi connectivity index (χ1n) is 6.35. The molecule has 1 aliphatic carbocycles. The van der Waals surface area contributed by atoms with E-state index < -0.39 is 11.8 Å². The van der Waals surface area contributed by atoms with Crippen molar-refractivity contribution in [3.63, 3.8) is 0 Å². The molecule has 0 saturated heterocycles. The molecule has 1 aromatic carbocycles. The van der Waals surface area contributed by atoms with E-state index in [4.69, 9.17) is 15.6 Å². The van der Waals surface area contributed by atoms with Gasteiger partial charge in [0.2, 0.25) is 0 Å². The Balaban J connectivity index is 2.56. The summed E-state index contributed by atoms with van der Waals surface area (Å²) in [5.41, 5.74) is 6.08. The van der Waals surface area contributed by atoms with E-state index in [1.165, 1.54) is 19.2 Å². The Morgan fingerprint density at radius 3 is 2.58 bits per heavy atom. The number of hydrogen-bond donors (Lipinski definition) is 2. The molecule has 0 aromatic heterocycles. The van der Waals surface area contributed by atoms with Gasteiger partial charge < -0.3 is 15.6 Å². The number of carbonyl (C=O) groups is 1. The van der Waals surface area contributed by atoms with E-state index in [2.05, 4.69) is 0 Å². The number of halogens is 1. The molecule has 4 nitrogen and oxygen atoms in total. The van der Waals surface area contributed by atoms with Crippen molar-refractivity contribution in [2.45, 2.75) is 31.1 Å². The number of ether oxygens (including phenoxy) is 1. The van der Waals surface area contributed by atoms with Crippen LogP contribution in [-0.4, -0.2) is 24.7 Å². The van der Waals surface area contributed by atoms with Gasteiger partial charge in [0.05, 0.1) is 7.11 Å². The molecule has 3 N–H and O–H groups in total. The SMILES string of the molecule is COc1c(F)cc(C2(CN)CCCC2)cc1C(=O)O. The Bertz CT molecular complexity index is 496. The summed E-state index contributed by atoms with van der Waals surface area (Å²) in [6.45, 7) is 0.401. The topological polar surface area (TPSA) is 72.5 Å². The second-order valence-corrected chi connectivity index (χ2v) is 5.04. The maximum atomic E-state index is 14.0. The first-order valence-corrected chi connectivity index (χ1v) is 6.35. The normalized spacial score (nSPS) is 17.4. The molecule has 0 spiro atoms. The predicted molar refractivity (Wildman–Crippen MR) is 69.1 cm³/mol. The molecule has 0 amide bonds. The Morgan fingerprint density at radius 1 is 1.47 bits per heavy atom. The zero-order chi connectivity index (χ0) is 14.0. The van der Waals surface area contributed by atoms with Crippen LogP contribution in [0.2, 0.25) is 0 Å². The molecule has 0 heterocycles. The van der Waals surface area contributed by atoms with E-state index in [0.29, 0.717) is 12.1 Å². The number of nitrogens with two attached hydrogens (primary N) is 1. The second-order valence-electron chi connectivity index (χ2n) is 5.04. The molecule has 0 bridgehead atoms. The zero-order valence-electron chi connectivity index (χ0n) is 10.9. The van der Waals surface area contributed by atoms with E-state index in [1.54, 1.807) is 0 Å². The minimum absolute atomic E-state index is 0.141. The van der Waals surface area contributed by atoms with Crippen LogP contribution < -0.4 is 10.5 Å². The van der Waals surface area contributed by atoms with Gasteiger partial charge in [-0.15, -0.1) is 0 Å². The summed E-state index contributed by atoms with van der Waals surface area (Å²) in [5.74, 6) is -2.05. The van der Waals surface area contributed by atoms with Gasteiger partial charge in [-0.3, -0.25) is 0 Å². The van der Waals surface area contributed by atoms with E-state index in [1.807, 2.05) is 0 Å². The fourth-order valence-corrected chi connectivity index (χ4v) is 2.93. The second kappa shape index (κ2) is 5.17. The standard InChI is InChI=1S/C14H18FNO3/c1-19-12-10(13(17)18)6-9(7-11(12)15)14(8-16)4-2-3-5-14/h6-7H,2-5,8,16H2,1H3,(H,17,18). The van der Waals surface area contributed by atoms with Gasteiger partial charge in [0.15, 0.2) is 11.6 Å². The molecule has 1 fully saturated rings. The fourth-order valence-electron chi connectivity index (χ4n) is 2.93. The van der Waals surface area contributed by atoms with E-state index >= 15 is 0 Å². The van der Waals surface area contributed by atoms with Crippen LogP contribution in [0.5, 0.6) is 5.75 Å². The molecule has 104 valence electrons. The van der Waals surface area contributed by atoms with Crippen LogP contribution in [-0.2, 0) is 5.41 Å². The first-order chi connectivity index (χ1) is 9.04. The minimum Gasteiger partial charge on any atom is -0.493 e. The number of aromatic carboxylic acids is 1. The molecule has 1 saturated carbocycles. The van der Waals surface area contributed by atoms with Gasteiger partial charge >= 0.3 is 5.97 Å². The van der Waals surface area contributed by atoms with Crippen LogP contribution in [0.15, 0.2) is 12.1 Å². The van der Waals surface area contributed by atoms with Gasteiger partial charge in [0.1, 0.15) is 5.56 Å². The lowest BCUT2D eigenvalue weighted by atomic mass is 9.78. The van der Waals surface area contributed by atoms with Crippen molar-refractivity contribution in [3.05, 3.63) is 29.1 Å². The number of benzene rings is 1. The fraction of sp³-hybridized carbons (Fsp3) is 0.500. The number of methoxy groups -OCH3 is 1. The molecule has 0 aliphatic heterocycles. The highest BCUT2D eigenvalue weighted by atomic mass is 19.1. The van der Waals surface area contributed by atoms with Crippen LogP contribution in [0.25, 0.3) is 0 Å². The molecule has 0 unspecified atom stereocenters. The maximum absolute atomic E-state index is 14.0. The van der Waals surface area contributed by atoms with Crippen molar-refractivity contribution in [3.8, 4) is 5.75 Å². The summed E-state index contributed by atoms with van der Waals surface area (Å²) < 4.78 is 18.8. The third-order valence-electron chi connectivity index (χ3n) is 4.04. The van der Waals surface area contributed by atoms with Gasteiger partial charge in [0.25, 0.3) is 0 Å². The van der Waals surface area contributed by atoms with Crippen molar-refractivity contribution in [1.82, 2.24) is 0 Å². The van der Waals surface area contributed by atoms with Crippen molar-refractivity contribution in [1.29, 1.82) is 0 Å². The monoisotopic (exact) mass is 267 g/mol. The molecule has 1 aromatic rings. The Morgan fingerprint density at radius 2 is 2.11 bits per heavy atom. The van der Waals surface area contributed by atoms with Crippen LogP contribution in [0.4, 0.5) is 4.39 Å². The van der Waals surface area contributed by atoms with Crippen LogP contribution in [0.1, 0.15) is 41.6 Å². The third kappa shape index (κ3) is 2.30. The molecular formula is C14H18FNO3. The van der Waals surface area contributed by atoms with Crippen molar-refractivity contribution >= 4 is 5.97 Å². The molecule has 0 atom stereocenters. The van der Waals surface area contributed by atoms with Gasteiger partial charge in [-0.1, -0.05) is 12.8 Å². The van der Waals surface area contributed by atoms with Gasteiger partial charge in [-0.2, -0.15) is 0 Å². The maximum Gasteiger partial charge on any atom is 0.339 e. The Labute approximate surface area is 111 Å². The summed E-state index contributed by atoms with van der Waals surface area (Å²) >= 11 is 0. The number of carboxylic acid groups (broad SMARTS) is 1. The average molecular weight is 267 g/mol. The quantitative estimate of drug-likeness (QED) is 0.878. The summed E-state index contributed by atoms with van der Waals surface area (Å²) in [7, 11) is 1.26. The lowest BCUT2D eigenvalue weighted by molar-refractivity contribution is 0.0692. The lowest BCUT2D eigenvalue weighted by Gasteiger charge is -2.28. The molecule has 1 aliphatic rings. The number of hydrogen-bond acceptors (Lipinski definition) is 3. The molecule has 0 radical (unpaired) electrons. The lowest BCUT2D eigenvalue weighted by Crippen LogP contribution is -2.32. The first kappa shape index (κ1) is 13.8. The highest BCUT2D eigenvalue weighted by Crippen LogP contribution is 2.42. The van der Waals surface area contributed by atoms with Crippen LogP contribution in [0, 0.1) is 5.82 Å². The van der Waals surface area contributed by atoms with Gasteiger partial charge in [-0.25, -0.2) is 9.18 Å². The van der Waals surface area contributed by atoms with Crippen molar-refractivity contribution < 1.29 is 19.0 Å². The predicted octanol–water partition coefficient (Wildman–Crippen LogP) is 2.30. The van der Waals surface area contributed by atoms with Gasteiger partial charge in [0, 0.05) is 12.0 Å². The summed E-state index contributed by atoms with van der Waals surface area (Å²) in [5, 5.41) is 9.17. The summed E-state index contributed by atoms with van der Waals surface area (Å²) in [6.07, 6.45) is 3.81. The smallest absolute Gasteiger partial charge is 0.339 e. The zero-order valence-corrected chi connectivity index (χ0v) is 10.9. The molecule has 2 rings (SSSR count). The van der Waals surface area contributed by atoms with Crippen molar-refractivity contribution in [2.24, 2.45) is 5.73 Å². The Kier molecular flexibility index (Phi) is 3.75. The van der Waals surface area contributed by atoms with Crippen LogP contribution in [0.3, 0.4) is 0 Å². The van der Waals surface area contributed by atoms with E-state index in [9.17, 15) is 9.18 Å². The molecule has 5 heteroatoms. The molecule has 19 heavy (non-hydrogen) atoms. The molecular weight excluding hydrogens is 249 g/mol. The van der Waals surface area contributed by atoms with Gasteiger partial charge in [-0.05, 0) is 30.5 Å². The van der Waals surface area contributed by atoms with Crippen molar-refractivity contribution in [2.75, 3.05) is 13.7 Å². The summed E-state index contributed by atoms with van der Waals surface area (Å²) in [4.78, 5) is 11.2. The van der Waals surface area contributed by atoms with Crippen LogP contribution >= 0.6 is 0 Å². The third-order valence-corrected chi connectivity index (χ3v) is 4.04. The highest BCUT2D eigenvalue weighted by molar-refractivity contribution is 5.91. The Hall–Kier alpha value is -1.62. The van der Waals surface area contributed by atoms with E-state index in [0.717, 1.165) is 25.7 Å². The highest BCUT2D eigenvalue weighted by Gasteiger charge is 2.36. The number of carboxylic acids is 1. The van der Waals surface area contributed by atoms with E-state index in [-0.39, 0.29) is 16.7 Å². The summed E-state index contributed by atoms with van der Waals surface area (Å²) in [6, 6.07) is 2.87. The number of rotatable bonds is 4.